The zero-order valence-corrected chi connectivity index (χ0v) is 14.1. The van der Waals surface area contributed by atoms with Gasteiger partial charge in [-0.25, -0.2) is 0 Å². The van der Waals surface area contributed by atoms with Crippen LogP contribution in [0.3, 0.4) is 0 Å². The van der Waals surface area contributed by atoms with Crippen molar-refractivity contribution >= 4 is 23.4 Å². The first kappa shape index (κ1) is 16.5. The van der Waals surface area contributed by atoms with Crippen molar-refractivity contribution in [3.05, 3.63) is 70.2 Å². The van der Waals surface area contributed by atoms with Gasteiger partial charge in [0.25, 0.3) is 11.8 Å². The van der Waals surface area contributed by atoms with E-state index in [9.17, 15) is 9.59 Å². The minimum absolute atomic E-state index is 0.000138. The molecular formula is C19H19ClN2O2. The maximum atomic E-state index is 12.4. The van der Waals surface area contributed by atoms with Gasteiger partial charge in [-0.15, -0.1) is 0 Å². The molecule has 1 saturated heterocycles. The van der Waals surface area contributed by atoms with Crippen LogP contribution in [0.5, 0.6) is 0 Å². The lowest BCUT2D eigenvalue weighted by atomic mass is 10.1. The van der Waals surface area contributed by atoms with Crippen LogP contribution in [0.15, 0.2) is 48.5 Å². The van der Waals surface area contributed by atoms with E-state index in [4.69, 9.17) is 11.6 Å². The molecule has 4 nitrogen and oxygen atoms in total. The van der Waals surface area contributed by atoms with Gasteiger partial charge < -0.3 is 10.2 Å². The SMILES string of the molecule is O=C(NCc1ccc(Cl)cc1)c1cccc(C(=O)N2CCCC2)c1. The van der Waals surface area contributed by atoms with E-state index in [0.717, 1.165) is 31.5 Å². The molecule has 0 atom stereocenters. The Bertz CT molecular complexity index is 737. The molecule has 0 spiro atoms. The smallest absolute Gasteiger partial charge is 0.253 e. The lowest BCUT2D eigenvalue weighted by molar-refractivity contribution is 0.0793. The molecule has 0 radical (unpaired) electrons. The monoisotopic (exact) mass is 342 g/mol. The first-order valence-corrected chi connectivity index (χ1v) is 8.43. The van der Waals surface area contributed by atoms with Crippen LogP contribution >= 0.6 is 11.6 Å². The summed E-state index contributed by atoms with van der Waals surface area (Å²) in [4.78, 5) is 26.6. The van der Waals surface area contributed by atoms with Gasteiger partial charge in [-0.1, -0.05) is 29.8 Å². The van der Waals surface area contributed by atoms with E-state index in [2.05, 4.69) is 5.32 Å². The van der Waals surface area contributed by atoms with Gasteiger partial charge in [-0.3, -0.25) is 9.59 Å². The van der Waals surface area contributed by atoms with Crippen molar-refractivity contribution in [1.29, 1.82) is 0 Å². The Morgan fingerprint density at radius 2 is 1.67 bits per heavy atom. The largest absolute Gasteiger partial charge is 0.348 e. The molecule has 0 aromatic heterocycles. The van der Waals surface area contributed by atoms with E-state index in [1.54, 1.807) is 36.4 Å². The van der Waals surface area contributed by atoms with Crippen LogP contribution in [0, 0.1) is 0 Å². The summed E-state index contributed by atoms with van der Waals surface area (Å²) < 4.78 is 0. The second kappa shape index (κ2) is 7.49. The van der Waals surface area contributed by atoms with Gasteiger partial charge in [0.2, 0.25) is 0 Å². The van der Waals surface area contributed by atoms with Crippen LogP contribution in [0.2, 0.25) is 5.02 Å². The normalized spacial score (nSPS) is 13.8. The predicted molar refractivity (Wildman–Crippen MR) is 94.2 cm³/mol. The highest BCUT2D eigenvalue weighted by atomic mass is 35.5. The molecule has 1 heterocycles. The Labute approximate surface area is 146 Å². The van der Waals surface area contributed by atoms with Crippen molar-refractivity contribution in [2.24, 2.45) is 0 Å². The molecule has 2 amide bonds. The fraction of sp³-hybridized carbons (Fsp3) is 0.263. The Hall–Kier alpha value is -2.33. The number of halogens is 1. The molecule has 24 heavy (non-hydrogen) atoms. The summed E-state index contributed by atoms with van der Waals surface area (Å²) in [5.74, 6) is -0.194. The summed E-state index contributed by atoms with van der Waals surface area (Å²) in [7, 11) is 0. The third-order valence-electron chi connectivity index (χ3n) is 4.13. The third-order valence-corrected chi connectivity index (χ3v) is 4.38. The van der Waals surface area contributed by atoms with Gasteiger partial charge in [0, 0.05) is 35.8 Å². The maximum Gasteiger partial charge on any atom is 0.253 e. The lowest BCUT2D eigenvalue weighted by Gasteiger charge is -2.15. The summed E-state index contributed by atoms with van der Waals surface area (Å²) in [6.07, 6.45) is 2.10. The zero-order valence-electron chi connectivity index (χ0n) is 13.3. The zero-order chi connectivity index (χ0) is 16.9. The van der Waals surface area contributed by atoms with Crippen LogP contribution in [0.25, 0.3) is 0 Å². The van der Waals surface area contributed by atoms with Gasteiger partial charge in [0.05, 0.1) is 0 Å². The standard InChI is InChI=1S/C19H19ClN2O2/c20-17-8-6-14(7-9-17)13-21-18(23)15-4-3-5-16(12-15)19(24)22-10-1-2-11-22/h3-9,12H,1-2,10-11,13H2,(H,21,23). The number of likely N-dealkylation sites (tertiary alicyclic amines) is 1. The maximum absolute atomic E-state index is 12.4. The number of nitrogens with one attached hydrogen (secondary N) is 1. The number of benzene rings is 2. The molecule has 2 aromatic carbocycles. The van der Waals surface area contributed by atoms with Crippen molar-refractivity contribution in [3.8, 4) is 0 Å². The molecule has 0 aliphatic carbocycles. The number of carbonyl (C=O) groups is 2. The second-order valence-electron chi connectivity index (χ2n) is 5.89. The van der Waals surface area contributed by atoms with Crippen LogP contribution < -0.4 is 5.32 Å². The molecular weight excluding hydrogens is 324 g/mol. The summed E-state index contributed by atoms with van der Waals surface area (Å²) in [6, 6.07) is 14.2. The minimum atomic E-state index is -0.193. The average molecular weight is 343 g/mol. The topological polar surface area (TPSA) is 49.4 Å². The summed E-state index contributed by atoms with van der Waals surface area (Å²) >= 11 is 5.85. The van der Waals surface area contributed by atoms with Crippen molar-refractivity contribution in [2.75, 3.05) is 13.1 Å². The molecule has 5 heteroatoms. The first-order chi connectivity index (χ1) is 11.6. The Morgan fingerprint density at radius 3 is 2.38 bits per heavy atom. The van der Waals surface area contributed by atoms with Crippen molar-refractivity contribution in [2.45, 2.75) is 19.4 Å². The molecule has 0 bridgehead atoms. The van der Waals surface area contributed by atoms with Crippen LogP contribution in [-0.2, 0) is 6.54 Å². The van der Waals surface area contributed by atoms with E-state index in [0.29, 0.717) is 22.7 Å². The van der Waals surface area contributed by atoms with E-state index in [-0.39, 0.29) is 11.8 Å². The fourth-order valence-electron chi connectivity index (χ4n) is 2.78. The number of carbonyl (C=O) groups excluding carboxylic acids is 2. The van der Waals surface area contributed by atoms with Crippen molar-refractivity contribution in [3.63, 3.8) is 0 Å². The highest BCUT2D eigenvalue weighted by molar-refractivity contribution is 6.30. The molecule has 1 aliphatic heterocycles. The molecule has 2 aromatic rings. The Morgan fingerprint density at radius 1 is 1.00 bits per heavy atom. The number of amides is 2. The lowest BCUT2D eigenvalue weighted by Crippen LogP contribution is -2.28. The average Bonchev–Trinajstić information content (AvgIpc) is 3.15. The number of hydrogen-bond donors (Lipinski definition) is 1. The Kier molecular flexibility index (Phi) is 5.16. The van der Waals surface area contributed by atoms with E-state index in [1.807, 2.05) is 17.0 Å². The van der Waals surface area contributed by atoms with Gasteiger partial charge in [-0.2, -0.15) is 0 Å². The molecule has 3 rings (SSSR count). The number of hydrogen-bond acceptors (Lipinski definition) is 2. The molecule has 1 aliphatic rings. The predicted octanol–water partition coefficient (Wildman–Crippen LogP) is 3.51. The van der Waals surface area contributed by atoms with Gasteiger partial charge >= 0.3 is 0 Å². The quantitative estimate of drug-likeness (QED) is 0.924. The van der Waals surface area contributed by atoms with E-state index < -0.39 is 0 Å². The van der Waals surface area contributed by atoms with Gasteiger partial charge in [0.15, 0.2) is 0 Å². The molecule has 0 unspecified atom stereocenters. The Balaban J connectivity index is 1.65. The molecule has 1 N–H and O–H groups in total. The highest BCUT2D eigenvalue weighted by Gasteiger charge is 2.20. The summed E-state index contributed by atoms with van der Waals surface area (Å²) in [5, 5.41) is 3.53. The second-order valence-corrected chi connectivity index (χ2v) is 6.33. The van der Waals surface area contributed by atoms with E-state index >= 15 is 0 Å². The first-order valence-electron chi connectivity index (χ1n) is 8.05. The molecule has 1 fully saturated rings. The highest BCUT2D eigenvalue weighted by Crippen LogP contribution is 2.14. The van der Waals surface area contributed by atoms with Gasteiger partial charge in [0.1, 0.15) is 0 Å². The van der Waals surface area contributed by atoms with E-state index in [1.165, 1.54) is 0 Å². The van der Waals surface area contributed by atoms with Crippen molar-refractivity contribution < 1.29 is 9.59 Å². The van der Waals surface area contributed by atoms with Crippen LogP contribution in [0.4, 0.5) is 0 Å². The molecule has 0 saturated carbocycles. The summed E-state index contributed by atoms with van der Waals surface area (Å²) in [6.45, 7) is 2.01. The van der Waals surface area contributed by atoms with Crippen LogP contribution in [-0.4, -0.2) is 29.8 Å². The third kappa shape index (κ3) is 3.95. The number of rotatable bonds is 4. The number of nitrogens with zero attached hydrogens (tertiary/aromatic N) is 1. The van der Waals surface area contributed by atoms with Crippen molar-refractivity contribution in [1.82, 2.24) is 10.2 Å². The summed E-state index contributed by atoms with van der Waals surface area (Å²) in [5.41, 5.74) is 2.03. The van der Waals surface area contributed by atoms with Gasteiger partial charge in [-0.05, 0) is 48.7 Å². The van der Waals surface area contributed by atoms with Crippen LogP contribution in [0.1, 0.15) is 39.1 Å². The molecule has 124 valence electrons. The minimum Gasteiger partial charge on any atom is -0.348 e. The fourth-order valence-corrected chi connectivity index (χ4v) is 2.91.